The number of halogens is 1. The third kappa shape index (κ3) is 4.33. The number of hydrogen-bond donors (Lipinski definition) is 2. The lowest BCUT2D eigenvalue weighted by atomic mass is 9.47. The van der Waals surface area contributed by atoms with Gasteiger partial charge in [0, 0.05) is 29.6 Å². The van der Waals surface area contributed by atoms with Gasteiger partial charge in [0.1, 0.15) is 10.6 Å². The second kappa shape index (κ2) is 8.63. The Hall–Kier alpha value is -1.84. The molecule has 5 aliphatic rings. The number of benzene rings is 1. The van der Waals surface area contributed by atoms with Crippen LogP contribution in [0, 0.1) is 23.2 Å². The molecule has 6 rings (SSSR count). The normalized spacial score (nSPS) is 32.5. The summed E-state index contributed by atoms with van der Waals surface area (Å²) in [5.41, 5.74) is 4.05. The number of primary amides is 1. The van der Waals surface area contributed by atoms with Crippen LogP contribution in [0.4, 0.5) is 0 Å². The molecule has 4 saturated carbocycles. The molecular weight excluding hydrogens is 490 g/mol. The van der Waals surface area contributed by atoms with Crippen LogP contribution in [0.2, 0.25) is 5.02 Å². The van der Waals surface area contributed by atoms with E-state index in [2.05, 4.69) is 5.32 Å². The predicted octanol–water partition coefficient (Wildman–Crippen LogP) is 3.08. The molecule has 2 unspecified atom stereocenters. The highest BCUT2D eigenvalue weighted by molar-refractivity contribution is 7.89. The average molecular weight is 524 g/mol. The zero-order valence-electron chi connectivity index (χ0n) is 20.3. The standard InChI is InChI=1S/C25H34ClN3O5S/c1-24(2,34-19-6-5-18(26)11-20(19)35(32,33)29-7-3-4-8-29)23(31)28-21-16-9-15-10-17(21)14-25(12-15,13-16)22(27)30/h5-6,11,15-17,21H,3-4,7-10,12-14H2,1-2H3,(H2,27,30)(H,28,31). The van der Waals surface area contributed by atoms with Crippen molar-refractivity contribution >= 4 is 33.4 Å². The minimum atomic E-state index is -3.80. The Morgan fingerprint density at radius 2 is 1.77 bits per heavy atom. The van der Waals surface area contributed by atoms with Crippen LogP contribution >= 0.6 is 11.6 Å². The molecule has 5 fully saturated rings. The topological polar surface area (TPSA) is 119 Å². The highest BCUT2D eigenvalue weighted by atomic mass is 35.5. The fourth-order valence-corrected chi connectivity index (χ4v) is 8.94. The van der Waals surface area contributed by atoms with Crippen LogP contribution in [0.1, 0.15) is 58.8 Å². The van der Waals surface area contributed by atoms with Crippen molar-refractivity contribution in [3.05, 3.63) is 23.2 Å². The summed E-state index contributed by atoms with van der Waals surface area (Å²) >= 11 is 6.14. The van der Waals surface area contributed by atoms with E-state index < -0.39 is 21.0 Å². The highest BCUT2D eigenvalue weighted by Gasteiger charge is 2.58. The van der Waals surface area contributed by atoms with Crippen molar-refractivity contribution in [2.45, 2.75) is 75.3 Å². The number of rotatable bonds is 7. The molecule has 1 saturated heterocycles. The Balaban J connectivity index is 1.34. The second-order valence-corrected chi connectivity index (χ2v) is 13.8. The summed E-state index contributed by atoms with van der Waals surface area (Å²) in [7, 11) is -3.80. The summed E-state index contributed by atoms with van der Waals surface area (Å²) in [5.74, 6) is 0.525. The van der Waals surface area contributed by atoms with Gasteiger partial charge < -0.3 is 15.8 Å². The molecule has 1 aromatic carbocycles. The number of nitrogens with two attached hydrogens (primary N) is 1. The second-order valence-electron chi connectivity index (χ2n) is 11.4. The number of carbonyl (C=O) groups is 2. The van der Waals surface area contributed by atoms with Crippen molar-refractivity contribution in [2.24, 2.45) is 28.9 Å². The van der Waals surface area contributed by atoms with Gasteiger partial charge in [-0.25, -0.2) is 8.42 Å². The van der Waals surface area contributed by atoms with Crippen LogP contribution < -0.4 is 15.8 Å². The first-order chi connectivity index (χ1) is 16.4. The van der Waals surface area contributed by atoms with E-state index >= 15 is 0 Å². The molecule has 4 aliphatic carbocycles. The van der Waals surface area contributed by atoms with Crippen molar-refractivity contribution in [1.82, 2.24) is 9.62 Å². The molecule has 1 aliphatic heterocycles. The molecule has 0 radical (unpaired) electrons. The smallest absolute Gasteiger partial charge is 0.263 e. The van der Waals surface area contributed by atoms with E-state index in [0.29, 0.717) is 19.0 Å². The maximum atomic E-state index is 13.4. The lowest BCUT2D eigenvalue weighted by molar-refractivity contribution is -0.150. The van der Waals surface area contributed by atoms with Crippen molar-refractivity contribution < 1.29 is 22.7 Å². The van der Waals surface area contributed by atoms with Gasteiger partial charge in [-0.1, -0.05) is 11.6 Å². The first-order valence-electron chi connectivity index (χ1n) is 12.5. The molecule has 4 bridgehead atoms. The molecule has 192 valence electrons. The van der Waals surface area contributed by atoms with Crippen LogP contribution in [0.15, 0.2) is 23.1 Å². The molecule has 3 N–H and O–H groups in total. The fraction of sp³-hybridized carbons (Fsp3) is 0.680. The molecule has 2 atom stereocenters. The minimum absolute atomic E-state index is 0.0224. The van der Waals surface area contributed by atoms with E-state index in [9.17, 15) is 18.0 Å². The summed E-state index contributed by atoms with van der Waals surface area (Å²) in [6.45, 7) is 4.20. The van der Waals surface area contributed by atoms with Crippen LogP contribution in [-0.2, 0) is 19.6 Å². The Bertz CT molecular complexity index is 1130. The van der Waals surface area contributed by atoms with Gasteiger partial charge in [-0.05, 0) is 94.7 Å². The summed E-state index contributed by atoms with van der Waals surface area (Å²) in [4.78, 5) is 25.7. The summed E-state index contributed by atoms with van der Waals surface area (Å²) in [6.07, 6.45) is 5.92. The Morgan fingerprint density at radius 3 is 2.37 bits per heavy atom. The number of nitrogens with zero attached hydrogens (tertiary/aromatic N) is 1. The molecule has 0 spiro atoms. The number of carbonyl (C=O) groups excluding carboxylic acids is 2. The Morgan fingerprint density at radius 1 is 1.14 bits per heavy atom. The van der Waals surface area contributed by atoms with E-state index in [4.69, 9.17) is 22.1 Å². The van der Waals surface area contributed by atoms with E-state index in [-0.39, 0.29) is 45.4 Å². The number of ether oxygens (including phenoxy) is 1. The monoisotopic (exact) mass is 523 g/mol. The van der Waals surface area contributed by atoms with Crippen molar-refractivity contribution in [1.29, 1.82) is 0 Å². The minimum Gasteiger partial charge on any atom is -0.477 e. The molecule has 2 amide bonds. The van der Waals surface area contributed by atoms with Gasteiger partial charge in [0.05, 0.1) is 0 Å². The first-order valence-corrected chi connectivity index (χ1v) is 14.3. The van der Waals surface area contributed by atoms with Crippen LogP contribution in [0.25, 0.3) is 0 Å². The van der Waals surface area contributed by atoms with Gasteiger partial charge in [-0.2, -0.15) is 4.31 Å². The molecule has 35 heavy (non-hydrogen) atoms. The van der Waals surface area contributed by atoms with E-state index in [1.165, 1.54) is 16.4 Å². The average Bonchev–Trinajstić information content (AvgIpc) is 3.32. The zero-order chi connectivity index (χ0) is 25.2. The zero-order valence-corrected chi connectivity index (χ0v) is 21.8. The predicted molar refractivity (Wildman–Crippen MR) is 131 cm³/mol. The van der Waals surface area contributed by atoms with E-state index in [1.54, 1.807) is 19.9 Å². The molecule has 1 heterocycles. The van der Waals surface area contributed by atoms with Gasteiger partial charge in [0.2, 0.25) is 15.9 Å². The van der Waals surface area contributed by atoms with Crippen molar-refractivity contribution in [2.75, 3.05) is 13.1 Å². The quantitative estimate of drug-likeness (QED) is 0.569. The number of sulfonamides is 1. The summed E-state index contributed by atoms with van der Waals surface area (Å²) in [5, 5.41) is 3.49. The maximum absolute atomic E-state index is 13.4. The van der Waals surface area contributed by atoms with Gasteiger partial charge in [-0.15, -0.1) is 0 Å². The SMILES string of the molecule is CC(C)(Oc1ccc(Cl)cc1S(=O)(=O)N1CCCC1)C(=O)NC1C2CC3CC1CC(C(N)=O)(C3)C2. The third-order valence-electron chi connectivity index (χ3n) is 8.59. The van der Waals surface area contributed by atoms with Gasteiger partial charge in [-0.3, -0.25) is 9.59 Å². The first kappa shape index (κ1) is 24.8. The number of nitrogens with one attached hydrogen (secondary N) is 1. The molecular formula is C25H34ClN3O5S. The highest BCUT2D eigenvalue weighted by Crippen LogP contribution is 2.60. The third-order valence-corrected chi connectivity index (χ3v) is 10.7. The fourth-order valence-electron chi connectivity index (χ4n) is 7.04. The van der Waals surface area contributed by atoms with Crippen molar-refractivity contribution in [3.8, 4) is 5.75 Å². The van der Waals surface area contributed by atoms with Crippen LogP contribution in [0.5, 0.6) is 5.75 Å². The lowest BCUT2D eigenvalue weighted by Crippen LogP contribution is -2.64. The molecule has 10 heteroatoms. The van der Waals surface area contributed by atoms with E-state index in [0.717, 1.165) is 44.9 Å². The largest absolute Gasteiger partial charge is 0.477 e. The number of amides is 2. The van der Waals surface area contributed by atoms with Crippen LogP contribution in [0.3, 0.4) is 0 Å². The number of hydrogen-bond acceptors (Lipinski definition) is 5. The van der Waals surface area contributed by atoms with Gasteiger partial charge in [0.25, 0.3) is 5.91 Å². The van der Waals surface area contributed by atoms with Gasteiger partial charge in [0.15, 0.2) is 5.60 Å². The summed E-state index contributed by atoms with van der Waals surface area (Å²) < 4.78 is 34.1. The Kier molecular flexibility index (Phi) is 6.12. The van der Waals surface area contributed by atoms with Crippen molar-refractivity contribution in [3.63, 3.8) is 0 Å². The van der Waals surface area contributed by atoms with Gasteiger partial charge >= 0.3 is 0 Å². The molecule has 0 aromatic heterocycles. The summed E-state index contributed by atoms with van der Waals surface area (Å²) in [6, 6.07) is 4.43. The lowest BCUT2D eigenvalue weighted by Gasteiger charge is -2.59. The van der Waals surface area contributed by atoms with E-state index in [1.807, 2.05) is 0 Å². The molecule has 1 aromatic rings. The van der Waals surface area contributed by atoms with Crippen LogP contribution in [-0.4, -0.2) is 49.3 Å². The molecule has 8 nitrogen and oxygen atoms in total. The Labute approximate surface area is 211 Å². The maximum Gasteiger partial charge on any atom is 0.263 e.